The standard InChI is InChI=1S/C17H14F6O2/c1-10-9-13(25-2)7-8-14(10)11-3-5-12(6-4-11)15(24,16(18,19)20)17(21,22)23/h3-9,24H,1-2H3. The first-order valence-corrected chi connectivity index (χ1v) is 7.03. The van der Waals surface area contributed by atoms with Crippen LogP contribution in [-0.2, 0) is 5.60 Å². The third-order valence-electron chi connectivity index (χ3n) is 3.87. The largest absolute Gasteiger partial charge is 0.497 e. The SMILES string of the molecule is COc1ccc(-c2ccc(C(O)(C(F)(F)F)C(F)(F)F)cc2)c(C)c1. The van der Waals surface area contributed by atoms with Gasteiger partial charge in [0.05, 0.1) is 7.11 Å². The van der Waals surface area contributed by atoms with Gasteiger partial charge >= 0.3 is 12.4 Å². The highest BCUT2D eigenvalue weighted by Gasteiger charge is 2.71. The summed E-state index contributed by atoms with van der Waals surface area (Å²) in [6.07, 6.45) is -11.8. The number of halogens is 6. The van der Waals surface area contributed by atoms with Crippen LogP contribution in [0.3, 0.4) is 0 Å². The van der Waals surface area contributed by atoms with Gasteiger partial charge in [-0.05, 0) is 35.7 Å². The zero-order valence-electron chi connectivity index (χ0n) is 13.2. The van der Waals surface area contributed by atoms with Crippen molar-refractivity contribution in [2.24, 2.45) is 0 Å². The summed E-state index contributed by atoms with van der Waals surface area (Å²) in [5.41, 5.74) is -4.45. The van der Waals surface area contributed by atoms with Crippen LogP contribution in [0.5, 0.6) is 5.75 Å². The highest BCUT2D eigenvalue weighted by molar-refractivity contribution is 5.68. The number of methoxy groups -OCH3 is 1. The Bertz CT molecular complexity index is 733. The Morgan fingerprint density at radius 3 is 1.76 bits per heavy atom. The Kier molecular flexibility index (Phi) is 4.78. The molecule has 1 N–H and O–H groups in total. The minimum Gasteiger partial charge on any atom is -0.497 e. The van der Waals surface area contributed by atoms with E-state index in [2.05, 4.69) is 0 Å². The predicted molar refractivity (Wildman–Crippen MR) is 79.2 cm³/mol. The Hall–Kier alpha value is -2.22. The summed E-state index contributed by atoms with van der Waals surface area (Å²) in [7, 11) is 1.47. The average molecular weight is 364 g/mol. The number of hydrogen-bond donors (Lipinski definition) is 1. The van der Waals surface area contributed by atoms with Crippen LogP contribution in [0.2, 0.25) is 0 Å². The maximum atomic E-state index is 12.9. The average Bonchev–Trinajstić information content (AvgIpc) is 2.52. The molecule has 2 aromatic rings. The Balaban J connectivity index is 2.49. The molecule has 2 aromatic carbocycles. The molecule has 2 rings (SSSR count). The van der Waals surface area contributed by atoms with Crippen LogP contribution in [0.25, 0.3) is 11.1 Å². The van der Waals surface area contributed by atoms with Gasteiger partial charge in [-0.1, -0.05) is 30.3 Å². The van der Waals surface area contributed by atoms with Gasteiger partial charge in [-0.15, -0.1) is 0 Å². The quantitative estimate of drug-likeness (QED) is 0.778. The van der Waals surface area contributed by atoms with Crippen molar-refractivity contribution in [3.63, 3.8) is 0 Å². The van der Waals surface area contributed by atoms with Crippen molar-refractivity contribution < 1.29 is 36.2 Å². The Morgan fingerprint density at radius 1 is 0.840 bits per heavy atom. The van der Waals surface area contributed by atoms with E-state index in [1.165, 1.54) is 7.11 Å². The van der Waals surface area contributed by atoms with Crippen LogP contribution in [-0.4, -0.2) is 24.6 Å². The van der Waals surface area contributed by atoms with Gasteiger partial charge in [0.25, 0.3) is 5.60 Å². The first kappa shape index (κ1) is 19.1. The lowest BCUT2D eigenvalue weighted by Crippen LogP contribution is -2.53. The van der Waals surface area contributed by atoms with E-state index in [9.17, 15) is 31.4 Å². The Labute approximate surface area is 139 Å². The number of aliphatic hydroxyl groups is 1. The fourth-order valence-electron chi connectivity index (χ4n) is 2.47. The molecule has 0 heterocycles. The van der Waals surface area contributed by atoms with E-state index in [-0.39, 0.29) is 0 Å². The molecule has 0 bridgehead atoms. The number of benzene rings is 2. The predicted octanol–water partition coefficient (Wildman–Crippen LogP) is 4.98. The van der Waals surface area contributed by atoms with Gasteiger partial charge in [-0.2, -0.15) is 26.3 Å². The van der Waals surface area contributed by atoms with E-state index in [1.54, 1.807) is 25.1 Å². The molecule has 0 atom stereocenters. The minimum atomic E-state index is -5.90. The molecule has 0 spiro atoms. The van der Waals surface area contributed by atoms with Gasteiger partial charge in [0.1, 0.15) is 5.75 Å². The second kappa shape index (κ2) is 6.25. The molecule has 0 saturated heterocycles. The minimum absolute atomic E-state index is 0.413. The number of alkyl halides is 6. The van der Waals surface area contributed by atoms with Crippen LogP contribution >= 0.6 is 0 Å². The van der Waals surface area contributed by atoms with E-state index in [4.69, 9.17) is 4.74 Å². The maximum Gasteiger partial charge on any atom is 0.430 e. The van der Waals surface area contributed by atoms with Crippen molar-refractivity contribution in [2.45, 2.75) is 24.9 Å². The van der Waals surface area contributed by atoms with Crippen molar-refractivity contribution in [1.82, 2.24) is 0 Å². The lowest BCUT2D eigenvalue weighted by Gasteiger charge is -2.32. The highest BCUT2D eigenvalue weighted by Crippen LogP contribution is 2.50. The normalized spacial score (nSPS) is 13.0. The monoisotopic (exact) mass is 364 g/mol. The summed E-state index contributed by atoms with van der Waals surface area (Å²) in [4.78, 5) is 0. The van der Waals surface area contributed by atoms with Crippen LogP contribution in [0, 0.1) is 6.92 Å². The third kappa shape index (κ3) is 3.30. The fraction of sp³-hybridized carbons (Fsp3) is 0.294. The van der Waals surface area contributed by atoms with E-state index >= 15 is 0 Å². The molecule has 0 unspecified atom stereocenters. The summed E-state index contributed by atoms with van der Waals surface area (Å²) >= 11 is 0. The van der Waals surface area contributed by atoms with E-state index in [0.29, 0.717) is 29.0 Å². The second-order valence-electron chi connectivity index (χ2n) is 5.46. The van der Waals surface area contributed by atoms with E-state index in [0.717, 1.165) is 17.7 Å². The summed E-state index contributed by atoms with van der Waals surface area (Å²) in [6, 6.07) is 8.41. The summed E-state index contributed by atoms with van der Waals surface area (Å²) in [5, 5.41) is 9.37. The lowest BCUT2D eigenvalue weighted by atomic mass is 9.90. The van der Waals surface area contributed by atoms with E-state index in [1.807, 2.05) is 0 Å². The van der Waals surface area contributed by atoms with Crippen molar-refractivity contribution in [2.75, 3.05) is 7.11 Å². The van der Waals surface area contributed by atoms with Crippen LogP contribution in [0.4, 0.5) is 26.3 Å². The van der Waals surface area contributed by atoms with E-state index < -0.39 is 23.5 Å². The van der Waals surface area contributed by atoms with Crippen molar-refractivity contribution in [3.05, 3.63) is 53.6 Å². The molecule has 0 aliphatic carbocycles. The molecule has 0 radical (unpaired) electrons. The molecule has 0 aromatic heterocycles. The van der Waals surface area contributed by atoms with Crippen LogP contribution in [0.15, 0.2) is 42.5 Å². The number of rotatable bonds is 3. The molecule has 0 amide bonds. The van der Waals surface area contributed by atoms with Crippen molar-refractivity contribution >= 4 is 0 Å². The smallest absolute Gasteiger partial charge is 0.430 e. The number of hydrogen-bond acceptors (Lipinski definition) is 2. The number of aryl methyl sites for hydroxylation is 1. The highest BCUT2D eigenvalue weighted by atomic mass is 19.4. The van der Waals surface area contributed by atoms with Gasteiger partial charge in [0, 0.05) is 5.56 Å². The molecule has 136 valence electrons. The zero-order valence-corrected chi connectivity index (χ0v) is 13.2. The van der Waals surface area contributed by atoms with Gasteiger partial charge in [0.2, 0.25) is 0 Å². The molecule has 0 saturated carbocycles. The number of ether oxygens (including phenoxy) is 1. The molecular weight excluding hydrogens is 350 g/mol. The molecule has 8 heteroatoms. The van der Waals surface area contributed by atoms with Crippen LogP contribution < -0.4 is 4.74 Å². The topological polar surface area (TPSA) is 29.5 Å². The van der Waals surface area contributed by atoms with Gasteiger partial charge < -0.3 is 9.84 Å². The van der Waals surface area contributed by atoms with Gasteiger partial charge in [-0.25, -0.2) is 0 Å². The summed E-state index contributed by atoms with van der Waals surface area (Å²) in [5.74, 6) is 0.571. The lowest BCUT2D eigenvalue weighted by molar-refractivity contribution is -0.376. The third-order valence-corrected chi connectivity index (χ3v) is 3.87. The molecule has 0 aliphatic heterocycles. The first-order chi connectivity index (χ1) is 11.4. The van der Waals surface area contributed by atoms with Crippen molar-refractivity contribution in [1.29, 1.82) is 0 Å². The second-order valence-corrected chi connectivity index (χ2v) is 5.46. The summed E-state index contributed by atoms with van der Waals surface area (Å²) < 4.78 is 82.3. The summed E-state index contributed by atoms with van der Waals surface area (Å²) in [6.45, 7) is 1.73. The Morgan fingerprint density at radius 2 is 1.36 bits per heavy atom. The van der Waals surface area contributed by atoms with Gasteiger partial charge in [-0.3, -0.25) is 0 Å². The molecular formula is C17H14F6O2. The first-order valence-electron chi connectivity index (χ1n) is 7.03. The fourth-order valence-corrected chi connectivity index (χ4v) is 2.47. The van der Waals surface area contributed by atoms with Gasteiger partial charge in [0.15, 0.2) is 0 Å². The molecule has 0 fully saturated rings. The molecule has 0 aliphatic rings. The zero-order chi connectivity index (χ0) is 19.0. The van der Waals surface area contributed by atoms with Crippen molar-refractivity contribution in [3.8, 4) is 16.9 Å². The molecule has 25 heavy (non-hydrogen) atoms. The maximum absolute atomic E-state index is 12.9. The van der Waals surface area contributed by atoms with Crippen LogP contribution in [0.1, 0.15) is 11.1 Å². The molecule has 2 nitrogen and oxygen atoms in total.